The molecule has 17 heteroatoms. The van der Waals surface area contributed by atoms with E-state index in [-0.39, 0.29) is 45.5 Å². The van der Waals surface area contributed by atoms with Crippen LogP contribution in [0, 0.1) is 0 Å². The van der Waals surface area contributed by atoms with Gasteiger partial charge in [0.25, 0.3) is 5.91 Å². The Morgan fingerprint density at radius 1 is 0.627 bits per heavy atom. The minimum atomic E-state index is -0.894. The first-order valence-corrected chi connectivity index (χ1v) is 25.6. The number of carbonyl (C=O) groups excluding carboxylic acids is 1. The molecule has 0 radical (unpaired) electrons. The van der Waals surface area contributed by atoms with Crippen molar-refractivity contribution in [3.05, 3.63) is 70.7 Å². The molecule has 2 aromatic rings. The van der Waals surface area contributed by atoms with Crippen molar-refractivity contribution >= 4 is 64.6 Å². The third kappa shape index (κ3) is 17.7. The molecule has 2 unspecified atom stereocenters. The Bertz CT molecular complexity index is 1380. The van der Waals surface area contributed by atoms with Gasteiger partial charge in [0.15, 0.2) is 12.4 Å². The van der Waals surface area contributed by atoms with Crippen molar-refractivity contribution in [1.29, 1.82) is 0 Å². The lowest BCUT2D eigenvalue weighted by Crippen LogP contribution is -2.73. The predicted octanol–water partition coefficient (Wildman–Crippen LogP) is 5.17. The molecule has 59 heavy (non-hydrogen) atoms. The maximum atomic E-state index is 14.6. The highest BCUT2D eigenvalue weighted by Gasteiger charge is 2.60. The molecule has 334 valence electrons. The Morgan fingerprint density at radius 2 is 1.15 bits per heavy atom. The molecule has 0 spiro atoms. The van der Waals surface area contributed by atoms with Crippen LogP contribution in [0.1, 0.15) is 42.9 Å². The Hall–Kier alpha value is -0.800. The number of nitrogens with zero attached hydrogens (tertiary/aromatic N) is 1. The standard InChI is InChI=1S/C42H64ClNO11S4/c43-34-12-10-33(11-13-34)36-40(54-30-32-8-2-1-3-9-32)41(49)44(36)37-39(52-20-6-24-58-28-16-47)38(51-19-5-23-57-27-15-46)35(31-50-18-4-22-56-26-14-45)55-42(37)53-21-7-25-59-29-17-48/h1-3,8-13,35-40,42,45-48H,4-7,14-31H2/t35-,36?,37-,38-,39-,40?,42-/m1/s1. The third-order valence-electron chi connectivity index (χ3n) is 9.51. The first-order valence-electron chi connectivity index (χ1n) is 20.6. The third-order valence-corrected chi connectivity index (χ3v) is 14.0. The fourth-order valence-electron chi connectivity index (χ4n) is 6.83. The Morgan fingerprint density at radius 3 is 1.71 bits per heavy atom. The lowest BCUT2D eigenvalue weighted by Gasteiger charge is -2.57. The SMILES string of the molecule is O=C1C(OCc2ccccc2)C(c2ccc(Cl)cc2)N1[C@H]1[C@H](OCCCSCCO)O[C@H](COCCCSCCO)[C@@H](OCCCSCCO)[C@@H]1OCCCSCCO. The molecule has 1 amide bonds. The molecule has 4 N–H and O–H groups in total. The number of halogens is 1. The van der Waals surface area contributed by atoms with E-state index in [4.69, 9.17) is 40.0 Å². The minimum Gasteiger partial charge on any atom is -0.396 e. The van der Waals surface area contributed by atoms with Gasteiger partial charge in [-0.1, -0.05) is 54.1 Å². The number of aliphatic hydroxyl groups is 4. The van der Waals surface area contributed by atoms with Crippen LogP contribution in [0.4, 0.5) is 0 Å². The molecule has 2 aliphatic rings. The Labute approximate surface area is 372 Å². The second-order valence-electron chi connectivity index (χ2n) is 13.9. The number of ether oxygens (including phenoxy) is 6. The monoisotopic (exact) mass is 921 g/mol. The van der Waals surface area contributed by atoms with Gasteiger partial charge in [0.2, 0.25) is 0 Å². The van der Waals surface area contributed by atoms with Crippen LogP contribution in [0.2, 0.25) is 5.02 Å². The van der Waals surface area contributed by atoms with Crippen LogP contribution in [0.3, 0.4) is 0 Å². The minimum absolute atomic E-state index is 0.107. The number of hydrogen-bond donors (Lipinski definition) is 4. The van der Waals surface area contributed by atoms with Gasteiger partial charge in [-0.05, 0) is 72.0 Å². The first-order chi connectivity index (χ1) is 29.0. The number of amides is 1. The fourth-order valence-corrected chi connectivity index (χ4v) is 9.58. The molecule has 2 saturated heterocycles. The molecule has 4 rings (SSSR count). The summed E-state index contributed by atoms with van der Waals surface area (Å²) in [6.45, 7) is 2.59. The average Bonchev–Trinajstić information content (AvgIpc) is 3.25. The van der Waals surface area contributed by atoms with E-state index in [9.17, 15) is 25.2 Å². The number of carbonyl (C=O) groups is 1. The van der Waals surface area contributed by atoms with Crippen molar-refractivity contribution in [3.63, 3.8) is 0 Å². The van der Waals surface area contributed by atoms with Crippen LogP contribution in [0.15, 0.2) is 54.6 Å². The van der Waals surface area contributed by atoms with E-state index in [1.54, 1.807) is 51.9 Å². The number of hydrogen-bond acceptors (Lipinski definition) is 15. The zero-order valence-electron chi connectivity index (χ0n) is 33.9. The molecule has 2 aromatic carbocycles. The molecule has 7 atom stereocenters. The van der Waals surface area contributed by atoms with E-state index in [1.165, 1.54) is 0 Å². The number of thioether (sulfide) groups is 4. The second-order valence-corrected chi connectivity index (χ2v) is 19.2. The van der Waals surface area contributed by atoms with Gasteiger partial charge in [0, 0.05) is 47.9 Å². The van der Waals surface area contributed by atoms with E-state index in [2.05, 4.69) is 0 Å². The van der Waals surface area contributed by atoms with Gasteiger partial charge < -0.3 is 53.7 Å². The Kier molecular flexibility index (Phi) is 26.8. The van der Waals surface area contributed by atoms with Crippen LogP contribution in [0.25, 0.3) is 0 Å². The molecule has 0 bridgehead atoms. The summed E-state index contributed by atoms with van der Waals surface area (Å²) < 4.78 is 39.8. The largest absolute Gasteiger partial charge is 0.396 e. The van der Waals surface area contributed by atoms with E-state index in [0.29, 0.717) is 60.9 Å². The molecular formula is C42H64ClNO11S4. The van der Waals surface area contributed by atoms with E-state index < -0.39 is 42.8 Å². The summed E-state index contributed by atoms with van der Waals surface area (Å²) in [5, 5.41) is 37.7. The number of benzene rings is 2. The van der Waals surface area contributed by atoms with Gasteiger partial charge in [-0.15, -0.1) is 0 Å². The van der Waals surface area contributed by atoms with Gasteiger partial charge in [-0.2, -0.15) is 47.0 Å². The number of likely N-dealkylation sites (tertiary alicyclic amines) is 1. The van der Waals surface area contributed by atoms with E-state index >= 15 is 0 Å². The maximum Gasteiger partial charge on any atom is 0.255 e. The van der Waals surface area contributed by atoms with Gasteiger partial charge in [0.1, 0.15) is 24.4 Å². The summed E-state index contributed by atoms with van der Waals surface area (Å²) in [5.74, 6) is 5.64. The molecular weight excluding hydrogens is 858 g/mol. The molecule has 2 heterocycles. The highest BCUT2D eigenvalue weighted by atomic mass is 35.5. The summed E-state index contributed by atoms with van der Waals surface area (Å²) in [7, 11) is 0. The lowest BCUT2D eigenvalue weighted by molar-refractivity contribution is -0.312. The van der Waals surface area contributed by atoms with Crippen LogP contribution in [-0.2, 0) is 39.8 Å². The van der Waals surface area contributed by atoms with Crippen molar-refractivity contribution in [2.75, 3.05) is 105 Å². The smallest absolute Gasteiger partial charge is 0.255 e. The summed E-state index contributed by atoms with van der Waals surface area (Å²) >= 11 is 13.0. The average molecular weight is 923 g/mol. The van der Waals surface area contributed by atoms with E-state index in [1.807, 2.05) is 54.6 Å². The maximum absolute atomic E-state index is 14.6. The van der Waals surface area contributed by atoms with Crippen molar-refractivity contribution in [2.45, 2.75) is 75.1 Å². The highest BCUT2D eigenvalue weighted by molar-refractivity contribution is 7.99. The van der Waals surface area contributed by atoms with Crippen molar-refractivity contribution in [2.24, 2.45) is 0 Å². The van der Waals surface area contributed by atoms with Gasteiger partial charge in [-0.25, -0.2) is 0 Å². The zero-order chi connectivity index (χ0) is 41.9. The van der Waals surface area contributed by atoms with Crippen molar-refractivity contribution in [1.82, 2.24) is 4.90 Å². The van der Waals surface area contributed by atoms with Crippen molar-refractivity contribution in [3.8, 4) is 0 Å². The van der Waals surface area contributed by atoms with Gasteiger partial charge in [0.05, 0.1) is 52.3 Å². The second kappa shape index (κ2) is 31.1. The van der Waals surface area contributed by atoms with Crippen LogP contribution < -0.4 is 0 Å². The van der Waals surface area contributed by atoms with E-state index in [0.717, 1.165) is 53.4 Å². The number of rotatable bonds is 34. The van der Waals surface area contributed by atoms with Crippen LogP contribution in [-0.4, -0.2) is 173 Å². The molecule has 2 aliphatic heterocycles. The summed E-state index contributed by atoms with van der Waals surface area (Å²) in [6.07, 6.45) is -0.587. The molecule has 2 fully saturated rings. The summed E-state index contributed by atoms with van der Waals surface area (Å²) in [5.41, 5.74) is 1.81. The Balaban J connectivity index is 1.68. The van der Waals surface area contributed by atoms with Gasteiger partial charge >= 0.3 is 0 Å². The topological polar surface area (TPSA) is 157 Å². The lowest BCUT2D eigenvalue weighted by atomic mass is 9.84. The fraction of sp³-hybridized carbons (Fsp3) is 0.690. The molecule has 0 aliphatic carbocycles. The van der Waals surface area contributed by atoms with Crippen molar-refractivity contribution < 1.29 is 53.6 Å². The molecule has 0 aromatic heterocycles. The van der Waals surface area contributed by atoms with Crippen LogP contribution in [0.5, 0.6) is 0 Å². The molecule has 0 saturated carbocycles. The zero-order valence-corrected chi connectivity index (χ0v) is 37.9. The summed E-state index contributed by atoms with van der Waals surface area (Å²) in [6, 6.07) is 16.0. The number of β-lactam (4-membered cyclic amide) rings is 1. The van der Waals surface area contributed by atoms with Gasteiger partial charge in [-0.3, -0.25) is 4.79 Å². The summed E-state index contributed by atoms with van der Waals surface area (Å²) in [4.78, 5) is 16.4. The predicted molar refractivity (Wildman–Crippen MR) is 241 cm³/mol. The quantitative estimate of drug-likeness (QED) is 0.0539. The highest BCUT2D eigenvalue weighted by Crippen LogP contribution is 2.44. The molecule has 12 nitrogen and oxygen atoms in total. The number of aliphatic hydroxyl groups excluding tert-OH is 4. The van der Waals surface area contributed by atoms with Crippen LogP contribution >= 0.6 is 58.6 Å². The normalized spacial score (nSPS) is 23.2. The first kappa shape index (κ1) is 50.8.